The second kappa shape index (κ2) is 7.30. The zero-order chi connectivity index (χ0) is 20.8. The summed E-state index contributed by atoms with van der Waals surface area (Å²) in [7, 11) is -3.87. The number of hydrogen-bond donors (Lipinski definition) is 1. The smallest absolute Gasteiger partial charge is 0.269 e. The van der Waals surface area contributed by atoms with Crippen LogP contribution < -0.4 is 5.32 Å². The lowest BCUT2D eigenvalue weighted by Crippen LogP contribution is -2.32. The number of sulfonamides is 1. The minimum atomic E-state index is -3.87. The van der Waals surface area contributed by atoms with Crippen LogP contribution in [0.15, 0.2) is 53.4 Å². The summed E-state index contributed by atoms with van der Waals surface area (Å²) in [6, 6.07) is 14.0. The lowest BCUT2D eigenvalue weighted by atomic mass is 9.88. The van der Waals surface area contributed by atoms with Gasteiger partial charge in [-0.05, 0) is 42.5 Å². The van der Waals surface area contributed by atoms with E-state index in [1.165, 1.54) is 18.2 Å². The van der Waals surface area contributed by atoms with Crippen LogP contribution in [-0.4, -0.2) is 37.1 Å². The van der Waals surface area contributed by atoms with Gasteiger partial charge in [0.2, 0.25) is 0 Å². The molecular formula is C22H24N2O4S. The third kappa shape index (κ3) is 3.55. The van der Waals surface area contributed by atoms with Crippen LogP contribution in [-0.2, 0) is 10.0 Å². The summed E-state index contributed by atoms with van der Waals surface area (Å²) in [5.41, 5.74) is 1.54. The summed E-state index contributed by atoms with van der Waals surface area (Å²) in [6.45, 7) is 4.64. The van der Waals surface area contributed by atoms with Crippen molar-refractivity contribution in [3.05, 3.63) is 65.2 Å². The van der Waals surface area contributed by atoms with Crippen molar-refractivity contribution in [2.45, 2.75) is 43.5 Å². The summed E-state index contributed by atoms with van der Waals surface area (Å²) in [6.07, 6.45) is 1.39. The summed E-state index contributed by atoms with van der Waals surface area (Å²) in [5, 5.41) is 2.92. The minimum Gasteiger partial charge on any atom is -0.351 e. The van der Waals surface area contributed by atoms with E-state index in [4.69, 9.17) is 0 Å². The average molecular weight is 413 g/mol. The van der Waals surface area contributed by atoms with E-state index < -0.39 is 15.9 Å². The van der Waals surface area contributed by atoms with Crippen molar-refractivity contribution in [3.63, 3.8) is 0 Å². The molecule has 1 aliphatic heterocycles. The Balaban J connectivity index is 1.54. The van der Waals surface area contributed by atoms with Crippen LogP contribution in [0.1, 0.15) is 58.9 Å². The van der Waals surface area contributed by atoms with Crippen LogP contribution in [0.2, 0.25) is 0 Å². The molecule has 1 aliphatic carbocycles. The van der Waals surface area contributed by atoms with E-state index in [1.54, 1.807) is 0 Å². The highest BCUT2D eigenvalue weighted by atomic mass is 32.2. The fourth-order valence-corrected chi connectivity index (χ4v) is 5.64. The molecule has 1 fully saturated rings. The molecule has 2 aromatic carbocycles. The quantitative estimate of drug-likeness (QED) is 0.790. The molecule has 0 aromatic heterocycles. The molecule has 0 saturated heterocycles. The molecule has 0 radical (unpaired) electrons. The zero-order valence-corrected chi connectivity index (χ0v) is 17.3. The van der Waals surface area contributed by atoms with Crippen molar-refractivity contribution in [1.82, 2.24) is 9.62 Å². The van der Waals surface area contributed by atoms with Crippen LogP contribution in [0.4, 0.5) is 0 Å². The van der Waals surface area contributed by atoms with Gasteiger partial charge in [0.05, 0.1) is 5.56 Å². The van der Waals surface area contributed by atoms with Crippen LogP contribution in [0, 0.1) is 5.92 Å². The maximum Gasteiger partial charge on any atom is 0.269 e. The molecule has 1 unspecified atom stereocenters. The molecule has 2 amide bonds. The number of nitrogens with one attached hydrogen (secondary N) is 1. The zero-order valence-electron chi connectivity index (χ0n) is 16.5. The third-order valence-corrected chi connectivity index (χ3v) is 7.48. The number of fused-ring (bicyclic) bond motifs is 1. The first-order valence-corrected chi connectivity index (χ1v) is 11.3. The largest absolute Gasteiger partial charge is 0.351 e. The second-order valence-corrected chi connectivity index (χ2v) is 9.80. The molecule has 1 N–H and O–H groups in total. The molecule has 0 bridgehead atoms. The summed E-state index contributed by atoms with van der Waals surface area (Å²) >= 11 is 0. The fourth-order valence-electron chi connectivity index (χ4n) is 3.80. The Bertz CT molecular complexity index is 1060. The van der Waals surface area contributed by atoms with Crippen molar-refractivity contribution < 1.29 is 18.0 Å². The van der Waals surface area contributed by atoms with E-state index in [1.807, 2.05) is 30.3 Å². The number of hydrogen-bond acceptors (Lipinski definition) is 4. The van der Waals surface area contributed by atoms with Crippen molar-refractivity contribution in [2.24, 2.45) is 5.92 Å². The number of carbonyl (C=O) groups is 2. The Morgan fingerprint density at radius 3 is 2.45 bits per heavy atom. The van der Waals surface area contributed by atoms with Gasteiger partial charge in [-0.3, -0.25) is 9.59 Å². The Morgan fingerprint density at radius 2 is 1.83 bits per heavy atom. The van der Waals surface area contributed by atoms with Crippen LogP contribution in [0.25, 0.3) is 0 Å². The van der Waals surface area contributed by atoms with Gasteiger partial charge < -0.3 is 5.32 Å². The lowest BCUT2D eigenvalue weighted by molar-refractivity contribution is 0.0863. The van der Waals surface area contributed by atoms with Gasteiger partial charge in [0.25, 0.3) is 21.8 Å². The van der Waals surface area contributed by atoms with Gasteiger partial charge in [-0.1, -0.05) is 44.2 Å². The maximum absolute atomic E-state index is 12.8. The van der Waals surface area contributed by atoms with Crippen molar-refractivity contribution in [1.29, 1.82) is 0 Å². The molecule has 7 heteroatoms. The molecule has 152 valence electrons. The molecule has 1 atom stereocenters. The Morgan fingerprint density at radius 1 is 1.14 bits per heavy atom. The van der Waals surface area contributed by atoms with E-state index in [0.29, 0.717) is 25.3 Å². The first-order valence-electron chi connectivity index (χ1n) is 9.86. The van der Waals surface area contributed by atoms with Gasteiger partial charge in [0.1, 0.15) is 4.90 Å². The van der Waals surface area contributed by atoms with Gasteiger partial charge in [0, 0.05) is 24.1 Å². The topological polar surface area (TPSA) is 83.6 Å². The van der Waals surface area contributed by atoms with Gasteiger partial charge >= 0.3 is 0 Å². The van der Waals surface area contributed by atoms with Gasteiger partial charge in [-0.25, -0.2) is 12.7 Å². The van der Waals surface area contributed by atoms with Crippen molar-refractivity contribution in [2.75, 3.05) is 6.54 Å². The van der Waals surface area contributed by atoms with E-state index in [-0.39, 0.29) is 33.9 Å². The molecule has 0 spiro atoms. The van der Waals surface area contributed by atoms with E-state index in [2.05, 4.69) is 19.2 Å². The first-order chi connectivity index (χ1) is 13.8. The van der Waals surface area contributed by atoms with Gasteiger partial charge in [0.15, 0.2) is 0 Å². The summed E-state index contributed by atoms with van der Waals surface area (Å²) in [4.78, 5) is 25.1. The maximum atomic E-state index is 12.8. The monoisotopic (exact) mass is 412 g/mol. The van der Waals surface area contributed by atoms with Crippen LogP contribution in [0.3, 0.4) is 0 Å². The second-order valence-electron chi connectivity index (χ2n) is 8.02. The molecular weight excluding hydrogens is 388 g/mol. The van der Waals surface area contributed by atoms with E-state index in [0.717, 1.165) is 9.87 Å². The number of amides is 2. The highest BCUT2D eigenvalue weighted by molar-refractivity contribution is 7.90. The average Bonchev–Trinajstić information content (AvgIpc) is 3.49. The molecule has 6 nitrogen and oxygen atoms in total. The molecule has 29 heavy (non-hydrogen) atoms. The predicted molar refractivity (Wildman–Crippen MR) is 109 cm³/mol. The number of rotatable bonds is 6. The molecule has 2 aromatic rings. The Labute approximate surface area is 171 Å². The lowest BCUT2D eigenvalue weighted by Gasteiger charge is -2.22. The summed E-state index contributed by atoms with van der Waals surface area (Å²) in [5.74, 6) is -0.367. The molecule has 2 aliphatic rings. The highest BCUT2D eigenvalue weighted by Gasteiger charge is 2.48. The minimum absolute atomic E-state index is 0.0643. The Hall–Kier alpha value is -2.67. The van der Waals surface area contributed by atoms with Crippen molar-refractivity contribution >= 4 is 21.8 Å². The van der Waals surface area contributed by atoms with E-state index in [9.17, 15) is 18.0 Å². The standard InChI is InChI=1S/C22H24N2O4S/c1-14(2)19(15-6-4-3-5-7-15)13-23-21(25)16-8-11-18-20(12-16)29(27,28)24(22(18)26)17-9-10-17/h3-8,11-12,14,17,19H,9-10,13H2,1-2H3,(H,23,25). The normalized spacial score (nSPS) is 18.6. The summed E-state index contributed by atoms with van der Waals surface area (Å²) < 4.78 is 26.5. The highest BCUT2D eigenvalue weighted by Crippen LogP contribution is 2.39. The molecule has 1 saturated carbocycles. The van der Waals surface area contributed by atoms with Crippen LogP contribution in [0.5, 0.6) is 0 Å². The van der Waals surface area contributed by atoms with Gasteiger partial charge in [-0.15, -0.1) is 0 Å². The Kier molecular flexibility index (Phi) is 4.94. The first kappa shape index (κ1) is 19.6. The fraction of sp³-hybridized carbons (Fsp3) is 0.364. The number of benzene rings is 2. The van der Waals surface area contributed by atoms with E-state index >= 15 is 0 Å². The SMILES string of the molecule is CC(C)C(CNC(=O)c1ccc2c(c1)S(=O)(=O)N(C1CC1)C2=O)c1ccccc1. The number of nitrogens with zero attached hydrogens (tertiary/aromatic N) is 1. The van der Waals surface area contributed by atoms with Crippen LogP contribution >= 0.6 is 0 Å². The molecule has 4 rings (SSSR count). The molecule has 1 heterocycles. The number of carbonyl (C=O) groups excluding carboxylic acids is 2. The van der Waals surface area contributed by atoms with Crippen molar-refractivity contribution in [3.8, 4) is 0 Å². The predicted octanol–water partition coefficient (Wildman–Crippen LogP) is 3.16. The third-order valence-electron chi connectivity index (χ3n) is 5.60. The van der Waals surface area contributed by atoms with Gasteiger partial charge in [-0.2, -0.15) is 0 Å².